The fourth-order valence-electron chi connectivity index (χ4n) is 4.40. The lowest BCUT2D eigenvalue weighted by molar-refractivity contribution is 0.121. The maximum Gasteiger partial charge on any atom is 0.414 e. The van der Waals surface area contributed by atoms with Crippen LogP contribution in [0.1, 0.15) is 38.7 Å². The van der Waals surface area contributed by atoms with Gasteiger partial charge in [-0.05, 0) is 70.4 Å². The topological polar surface area (TPSA) is 109 Å². The van der Waals surface area contributed by atoms with Crippen molar-refractivity contribution in [2.75, 3.05) is 56.2 Å². The van der Waals surface area contributed by atoms with Gasteiger partial charge in [0.2, 0.25) is 0 Å². The lowest BCUT2D eigenvalue weighted by atomic mass is 9.96. The van der Waals surface area contributed by atoms with Crippen molar-refractivity contribution in [1.29, 1.82) is 0 Å². The molecule has 0 aromatic heterocycles. The molecule has 1 fully saturated rings. The first-order valence-electron chi connectivity index (χ1n) is 11.5. The van der Waals surface area contributed by atoms with Crippen molar-refractivity contribution in [2.24, 2.45) is 11.7 Å². The van der Waals surface area contributed by atoms with Gasteiger partial charge in [0, 0.05) is 19.0 Å². The Kier molecular flexibility index (Phi) is 8.33. The molecule has 3 atom stereocenters. The van der Waals surface area contributed by atoms with E-state index in [9.17, 15) is 9.59 Å². The Morgan fingerprint density at radius 2 is 2.06 bits per heavy atom. The zero-order chi connectivity index (χ0) is 23.3. The lowest BCUT2D eigenvalue weighted by Gasteiger charge is -2.40. The van der Waals surface area contributed by atoms with Gasteiger partial charge in [-0.3, -0.25) is 9.80 Å². The van der Waals surface area contributed by atoms with Crippen LogP contribution in [-0.2, 0) is 9.47 Å². The molecule has 0 saturated carbocycles. The molecule has 0 bridgehead atoms. The van der Waals surface area contributed by atoms with Crippen LogP contribution in [-0.4, -0.2) is 70.7 Å². The van der Waals surface area contributed by atoms with Crippen LogP contribution in [0.3, 0.4) is 0 Å². The number of ether oxygens (including phenoxy) is 2. The number of nitrogens with two attached hydrogens (primary N) is 1. The van der Waals surface area contributed by atoms with Gasteiger partial charge in [-0.1, -0.05) is 6.07 Å². The van der Waals surface area contributed by atoms with Gasteiger partial charge in [-0.25, -0.2) is 9.59 Å². The summed E-state index contributed by atoms with van der Waals surface area (Å²) < 4.78 is 10.5. The molecular weight excluding hydrogens is 410 g/mol. The average molecular weight is 448 g/mol. The lowest BCUT2D eigenvalue weighted by Crippen LogP contribution is -2.52. The quantitative estimate of drug-likeness (QED) is 0.588. The van der Waals surface area contributed by atoms with E-state index >= 15 is 0 Å². The first-order valence-corrected chi connectivity index (χ1v) is 11.5. The number of hydrogen-bond acceptors (Lipinski definition) is 7. The second-order valence-electron chi connectivity index (χ2n) is 8.93. The molecule has 9 nitrogen and oxygen atoms in total. The fraction of sp³-hybridized carbons (Fsp3) is 0.652. The highest BCUT2D eigenvalue weighted by Gasteiger charge is 2.37. The van der Waals surface area contributed by atoms with Crippen LogP contribution in [0.5, 0.6) is 0 Å². The van der Waals surface area contributed by atoms with Gasteiger partial charge < -0.3 is 25.8 Å². The van der Waals surface area contributed by atoms with E-state index in [-0.39, 0.29) is 18.1 Å². The monoisotopic (exact) mass is 447 g/mol. The van der Waals surface area contributed by atoms with Crippen molar-refractivity contribution in [3.63, 3.8) is 0 Å². The largest absolute Gasteiger partial charge is 0.452 e. The van der Waals surface area contributed by atoms with Gasteiger partial charge in [-0.2, -0.15) is 0 Å². The van der Waals surface area contributed by atoms with Crippen LogP contribution < -0.4 is 26.2 Å². The van der Waals surface area contributed by atoms with E-state index in [1.165, 1.54) is 13.5 Å². The van der Waals surface area contributed by atoms with Gasteiger partial charge >= 0.3 is 12.2 Å². The standard InChI is InChI=1S/C23H37N5O4/c1-15(2)32-22(29)27-14-16(3)28(23(30)31-4)20-6-5-18(9-21(20)27)19(10-24)13-26-12-17-7-8-25-11-17/h5-6,9,15-17,19,25-26H,7-8,10-14,24H2,1-4H3/t16-,17+,19?/m0/s1. The second kappa shape index (κ2) is 11.0. The molecule has 2 amide bonds. The van der Waals surface area contributed by atoms with E-state index in [4.69, 9.17) is 15.2 Å². The average Bonchev–Trinajstić information content (AvgIpc) is 3.28. The Morgan fingerprint density at radius 1 is 1.28 bits per heavy atom. The highest BCUT2D eigenvalue weighted by atomic mass is 16.6. The van der Waals surface area contributed by atoms with Crippen LogP contribution >= 0.6 is 0 Å². The summed E-state index contributed by atoms with van der Waals surface area (Å²) in [5, 5.41) is 6.93. The summed E-state index contributed by atoms with van der Waals surface area (Å²) in [7, 11) is 1.36. The number of methoxy groups -OCH3 is 1. The van der Waals surface area contributed by atoms with Crippen LogP contribution in [0, 0.1) is 5.92 Å². The third kappa shape index (κ3) is 5.51. The summed E-state index contributed by atoms with van der Waals surface area (Å²) >= 11 is 0. The van der Waals surface area contributed by atoms with E-state index in [2.05, 4.69) is 10.6 Å². The smallest absolute Gasteiger partial charge is 0.414 e. The fourth-order valence-corrected chi connectivity index (χ4v) is 4.40. The van der Waals surface area contributed by atoms with Gasteiger partial charge in [-0.15, -0.1) is 0 Å². The predicted molar refractivity (Wildman–Crippen MR) is 125 cm³/mol. The zero-order valence-corrected chi connectivity index (χ0v) is 19.6. The second-order valence-corrected chi connectivity index (χ2v) is 8.93. The van der Waals surface area contributed by atoms with Gasteiger partial charge in [0.25, 0.3) is 0 Å². The third-order valence-electron chi connectivity index (χ3n) is 6.11. The molecule has 0 spiro atoms. The number of fused-ring (bicyclic) bond motifs is 1. The minimum atomic E-state index is -0.453. The molecule has 9 heteroatoms. The number of nitrogens with zero attached hydrogens (tertiary/aromatic N) is 2. The number of nitrogens with one attached hydrogen (secondary N) is 2. The molecule has 2 heterocycles. The third-order valence-corrected chi connectivity index (χ3v) is 6.11. The van der Waals surface area contributed by atoms with Crippen molar-refractivity contribution in [1.82, 2.24) is 10.6 Å². The van der Waals surface area contributed by atoms with E-state index in [0.717, 1.165) is 31.7 Å². The molecule has 0 radical (unpaired) electrons. The Hall–Kier alpha value is -2.36. The predicted octanol–water partition coefficient (Wildman–Crippen LogP) is 2.25. The molecule has 178 valence electrons. The van der Waals surface area contributed by atoms with Crippen molar-refractivity contribution in [3.05, 3.63) is 23.8 Å². The highest BCUT2D eigenvalue weighted by molar-refractivity contribution is 6.00. The van der Waals surface area contributed by atoms with E-state index < -0.39 is 12.2 Å². The summed E-state index contributed by atoms with van der Waals surface area (Å²) in [5.74, 6) is 0.733. The summed E-state index contributed by atoms with van der Waals surface area (Å²) in [6, 6.07) is 5.55. The molecule has 0 aliphatic carbocycles. The van der Waals surface area contributed by atoms with Crippen LogP contribution in [0.15, 0.2) is 18.2 Å². The number of carbonyl (C=O) groups excluding carboxylic acids is 2. The molecule has 2 aliphatic heterocycles. The van der Waals surface area contributed by atoms with Crippen molar-refractivity contribution >= 4 is 23.6 Å². The van der Waals surface area contributed by atoms with Gasteiger partial charge in [0.1, 0.15) is 0 Å². The number of anilines is 2. The van der Waals surface area contributed by atoms with E-state index in [0.29, 0.717) is 30.4 Å². The minimum absolute atomic E-state index is 0.0866. The van der Waals surface area contributed by atoms with Crippen LogP contribution in [0.4, 0.5) is 21.0 Å². The summed E-state index contributed by atoms with van der Waals surface area (Å²) in [4.78, 5) is 28.5. The minimum Gasteiger partial charge on any atom is -0.452 e. The van der Waals surface area contributed by atoms with Gasteiger partial charge in [0.15, 0.2) is 0 Å². The molecule has 1 saturated heterocycles. The first kappa shape index (κ1) is 24.3. The van der Waals surface area contributed by atoms with Crippen molar-refractivity contribution in [2.45, 2.75) is 45.3 Å². The Bertz CT molecular complexity index is 797. The molecule has 3 rings (SSSR count). The van der Waals surface area contributed by atoms with Gasteiger partial charge in [0.05, 0.1) is 37.2 Å². The van der Waals surface area contributed by atoms with Crippen LogP contribution in [0.25, 0.3) is 0 Å². The zero-order valence-electron chi connectivity index (χ0n) is 19.6. The molecule has 4 N–H and O–H groups in total. The normalized spacial score (nSPS) is 21.4. The molecule has 1 aromatic carbocycles. The van der Waals surface area contributed by atoms with Crippen LogP contribution in [0.2, 0.25) is 0 Å². The Balaban J connectivity index is 1.86. The summed E-state index contributed by atoms with van der Waals surface area (Å²) in [6.45, 7) is 10.1. The first-order chi connectivity index (χ1) is 15.3. The molecule has 1 aromatic rings. The highest BCUT2D eigenvalue weighted by Crippen LogP contribution is 2.38. The SMILES string of the molecule is COC(=O)N1c2ccc(C(CN)CNC[C@@H]3CCNC3)cc2N(C(=O)OC(C)C)C[C@@H]1C. The van der Waals surface area contributed by atoms with E-state index in [1.54, 1.807) is 9.80 Å². The van der Waals surface area contributed by atoms with Crippen molar-refractivity contribution in [3.8, 4) is 0 Å². The summed E-state index contributed by atoms with van der Waals surface area (Å²) in [6.07, 6.45) is 0.0683. The number of hydrogen-bond donors (Lipinski definition) is 3. The maximum absolute atomic E-state index is 12.9. The number of rotatable bonds is 7. The number of carbonyl (C=O) groups is 2. The molecule has 2 aliphatic rings. The maximum atomic E-state index is 12.9. The number of benzene rings is 1. The Labute approximate surface area is 190 Å². The molecule has 32 heavy (non-hydrogen) atoms. The van der Waals surface area contributed by atoms with E-state index in [1.807, 2.05) is 39.0 Å². The summed E-state index contributed by atoms with van der Waals surface area (Å²) in [5.41, 5.74) is 8.39. The Morgan fingerprint density at radius 3 is 2.69 bits per heavy atom. The van der Waals surface area contributed by atoms with Crippen molar-refractivity contribution < 1.29 is 19.1 Å². The molecule has 1 unspecified atom stereocenters. The number of amides is 2. The molecular formula is C23H37N5O4.